The Morgan fingerprint density at radius 1 is 1.55 bits per heavy atom. The molecule has 0 saturated carbocycles. The predicted molar refractivity (Wildman–Crippen MR) is 76.5 cm³/mol. The lowest BCUT2D eigenvalue weighted by Crippen LogP contribution is -2.49. The Bertz CT molecular complexity index is 583. The van der Waals surface area contributed by atoms with E-state index in [9.17, 15) is 8.42 Å². The third kappa shape index (κ3) is 2.89. The summed E-state index contributed by atoms with van der Waals surface area (Å²) in [6, 6.07) is 0.250. The molecule has 1 fully saturated rings. The average Bonchev–Trinajstić information content (AvgIpc) is 2.67. The number of nitrogens with zero attached hydrogens (tertiary/aromatic N) is 3. The van der Waals surface area contributed by atoms with Gasteiger partial charge in [0, 0.05) is 31.9 Å². The number of sulfone groups is 1. The number of aliphatic hydroxyl groups is 1. The van der Waals surface area contributed by atoms with Crippen molar-refractivity contribution in [1.82, 2.24) is 15.1 Å². The third-order valence-electron chi connectivity index (χ3n) is 3.28. The number of aromatic nitrogens is 2. The smallest absolute Gasteiger partial charge is 0.182 e. The van der Waals surface area contributed by atoms with Crippen LogP contribution in [-0.4, -0.2) is 61.8 Å². The van der Waals surface area contributed by atoms with Gasteiger partial charge < -0.3 is 21.1 Å². The average molecular weight is 303 g/mol. The highest BCUT2D eigenvalue weighted by Crippen LogP contribution is 2.30. The second kappa shape index (κ2) is 5.58. The molecule has 1 atom stereocenters. The van der Waals surface area contributed by atoms with Crippen LogP contribution in [0.25, 0.3) is 0 Å². The van der Waals surface area contributed by atoms with Gasteiger partial charge in [0.1, 0.15) is 5.82 Å². The number of nitrogens with two attached hydrogens (primary N) is 1. The molecule has 2 rings (SSSR count). The van der Waals surface area contributed by atoms with E-state index in [4.69, 9.17) is 10.8 Å². The van der Waals surface area contributed by atoms with Gasteiger partial charge >= 0.3 is 0 Å². The van der Waals surface area contributed by atoms with Crippen LogP contribution in [0.4, 0.5) is 11.6 Å². The summed E-state index contributed by atoms with van der Waals surface area (Å²) in [5.74, 6) is 0.467. The van der Waals surface area contributed by atoms with E-state index in [2.05, 4.69) is 10.4 Å². The molecule has 1 aliphatic heterocycles. The minimum atomic E-state index is -3.48. The largest absolute Gasteiger partial charge is 0.394 e. The normalized spacial score (nSPS) is 20.4. The first-order valence-electron chi connectivity index (χ1n) is 6.50. The molecule has 9 heteroatoms. The molecule has 0 aromatic carbocycles. The topological polar surface area (TPSA) is 113 Å². The van der Waals surface area contributed by atoms with Crippen LogP contribution >= 0.6 is 0 Å². The zero-order valence-corrected chi connectivity index (χ0v) is 12.5. The number of aliphatic hydroxyl groups excluding tert-OH is 1. The predicted octanol–water partition coefficient (Wildman–Crippen LogP) is -1.34. The van der Waals surface area contributed by atoms with Crippen molar-refractivity contribution in [3.8, 4) is 0 Å². The van der Waals surface area contributed by atoms with Gasteiger partial charge in [-0.3, -0.25) is 0 Å². The molecule has 20 heavy (non-hydrogen) atoms. The lowest BCUT2D eigenvalue weighted by molar-refractivity contribution is 0.270. The highest BCUT2D eigenvalue weighted by Gasteiger charge is 2.29. The molecular formula is C11H21N5O3S. The molecule has 0 aliphatic carbocycles. The highest BCUT2D eigenvalue weighted by molar-refractivity contribution is 7.91. The minimum Gasteiger partial charge on any atom is -0.394 e. The Kier molecular flexibility index (Phi) is 4.21. The SMILES string of the molecule is C[C@H]1CN(c2nn(CCO)c(N)c2S(C)(=O)=O)CCN1. The van der Waals surface area contributed by atoms with Crippen molar-refractivity contribution in [1.29, 1.82) is 0 Å². The third-order valence-corrected chi connectivity index (χ3v) is 4.41. The maximum atomic E-state index is 12.0. The van der Waals surface area contributed by atoms with Crippen LogP contribution in [0.3, 0.4) is 0 Å². The van der Waals surface area contributed by atoms with Crippen molar-refractivity contribution < 1.29 is 13.5 Å². The fraction of sp³-hybridized carbons (Fsp3) is 0.727. The molecule has 2 heterocycles. The standard InChI is InChI=1S/C11H21N5O3S/c1-8-7-15(4-3-13-8)11-9(20(2,18)19)10(12)16(14-11)5-6-17/h8,13,17H,3-7,12H2,1-2H3/t8-/m0/s1. The molecule has 0 bridgehead atoms. The van der Waals surface area contributed by atoms with Gasteiger partial charge in [-0.2, -0.15) is 5.10 Å². The number of piperazine rings is 1. The van der Waals surface area contributed by atoms with Crippen molar-refractivity contribution in [3.63, 3.8) is 0 Å². The van der Waals surface area contributed by atoms with Gasteiger partial charge in [-0.15, -0.1) is 0 Å². The van der Waals surface area contributed by atoms with Gasteiger partial charge in [0.2, 0.25) is 0 Å². The summed E-state index contributed by atoms with van der Waals surface area (Å²) >= 11 is 0. The molecule has 114 valence electrons. The summed E-state index contributed by atoms with van der Waals surface area (Å²) in [6.45, 7) is 4.15. The van der Waals surface area contributed by atoms with Crippen LogP contribution in [0.15, 0.2) is 4.90 Å². The molecule has 1 saturated heterocycles. The van der Waals surface area contributed by atoms with Crippen LogP contribution in [0.1, 0.15) is 6.92 Å². The summed E-state index contributed by atoms with van der Waals surface area (Å²) in [5.41, 5.74) is 5.89. The molecule has 0 unspecified atom stereocenters. The van der Waals surface area contributed by atoms with Gasteiger partial charge in [-0.25, -0.2) is 13.1 Å². The maximum absolute atomic E-state index is 12.0. The molecule has 0 spiro atoms. The number of nitrogens with one attached hydrogen (secondary N) is 1. The molecule has 0 amide bonds. The van der Waals surface area contributed by atoms with Crippen molar-refractivity contribution in [2.75, 3.05) is 43.1 Å². The lowest BCUT2D eigenvalue weighted by atomic mass is 10.2. The van der Waals surface area contributed by atoms with Crippen LogP contribution in [0.5, 0.6) is 0 Å². The number of rotatable bonds is 4. The fourth-order valence-corrected chi connectivity index (χ4v) is 3.38. The van der Waals surface area contributed by atoms with Gasteiger partial charge in [0.25, 0.3) is 0 Å². The van der Waals surface area contributed by atoms with E-state index < -0.39 is 9.84 Å². The van der Waals surface area contributed by atoms with E-state index in [0.717, 1.165) is 12.8 Å². The van der Waals surface area contributed by atoms with Crippen molar-refractivity contribution in [3.05, 3.63) is 0 Å². The number of nitrogen functional groups attached to an aromatic ring is 1. The zero-order chi connectivity index (χ0) is 14.9. The van der Waals surface area contributed by atoms with E-state index >= 15 is 0 Å². The second-order valence-corrected chi connectivity index (χ2v) is 7.01. The van der Waals surface area contributed by atoms with E-state index in [1.165, 1.54) is 4.68 Å². The van der Waals surface area contributed by atoms with Crippen molar-refractivity contribution >= 4 is 21.5 Å². The van der Waals surface area contributed by atoms with Crippen LogP contribution in [0, 0.1) is 0 Å². The van der Waals surface area contributed by atoms with Gasteiger partial charge in [-0.1, -0.05) is 0 Å². The molecule has 1 aromatic rings. The number of anilines is 2. The molecule has 1 aliphatic rings. The number of hydrogen-bond acceptors (Lipinski definition) is 7. The van der Waals surface area contributed by atoms with E-state index in [-0.39, 0.29) is 29.9 Å². The Morgan fingerprint density at radius 3 is 2.80 bits per heavy atom. The monoisotopic (exact) mass is 303 g/mol. The Labute approximate surface area is 118 Å². The molecule has 0 radical (unpaired) electrons. The minimum absolute atomic E-state index is 0.0556. The summed E-state index contributed by atoms with van der Waals surface area (Å²) in [4.78, 5) is 1.97. The first-order chi connectivity index (χ1) is 9.34. The first kappa shape index (κ1) is 15.1. The van der Waals surface area contributed by atoms with E-state index in [0.29, 0.717) is 18.9 Å². The Morgan fingerprint density at radius 2 is 2.25 bits per heavy atom. The fourth-order valence-electron chi connectivity index (χ4n) is 2.40. The van der Waals surface area contributed by atoms with Gasteiger partial charge in [-0.05, 0) is 6.92 Å². The van der Waals surface area contributed by atoms with Gasteiger partial charge in [0.15, 0.2) is 20.6 Å². The van der Waals surface area contributed by atoms with E-state index in [1.54, 1.807) is 0 Å². The Balaban J connectivity index is 2.48. The highest BCUT2D eigenvalue weighted by atomic mass is 32.2. The van der Waals surface area contributed by atoms with Gasteiger partial charge in [0.05, 0.1) is 13.2 Å². The Hall–Kier alpha value is -1.32. The van der Waals surface area contributed by atoms with Crippen molar-refractivity contribution in [2.45, 2.75) is 24.4 Å². The first-order valence-corrected chi connectivity index (χ1v) is 8.39. The molecular weight excluding hydrogens is 282 g/mol. The lowest BCUT2D eigenvalue weighted by Gasteiger charge is -2.32. The molecule has 8 nitrogen and oxygen atoms in total. The second-order valence-electron chi connectivity index (χ2n) is 5.06. The molecule has 4 N–H and O–H groups in total. The zero-order valence-electron chi connectivity index (χ0n) is 11.7. The van der Waals surface area contributed by atoms with Crippen LogP contribution < -0.4 is 16.0 Å². The summed E-state index contributed by atoms with van der Waals surface area (Å²) < 4.78 is 25.3. The summed E-state index contributed by atoms with van der Waals surface area (Å²) in [6.07, 6.45) is 1.12. The van der Waals surface area contributed by atoms with Crippen molar-refractivity contribution in [2.24, 2.45) is 0 Å². The summed E-state index contributed by atoms with van der Waals surface area (Å²) in [5, 5.41) is 16.6. The van der Waals surface area contributed by atoms with Crippen LogP contribution in [-0.2, 0) is 16.4 Å². The number of hydrogen-bond donors (Lipinski definition) is 3. The molecule has 1 aromatic heterocycles. The maximum Gasteiger partial charge on any atom is 0.182 e. The summed E-state index contributed by atoms with van der Waals surface area (Å²) in [7, 11) is -3.48. The van der Waals surface area contributed by atoms with Crippen LogP contribution in [0.2, 0.25) is 0 Å². The quantitative estimate of drug-likeness (QED) is 0.631. The van der Waals surface area contributed by atoms with E-state index in [1.807, 2.05) is 11.8 Å².